The second kappa shape index (κ2) is 5.01. The Labute approximate surface area is 114 Å². The van der Waals surface area contributed by atoms with Gasteiger partial charge in [-0.05, 0) is 18.4 Å². The van der Waals surface area contributed by atoms with Gasteiger partial charge in [-0.2, -0.15) is 4.68 Å². The lowest BCUT2D eigenvalue weighted by molar-refractivity contribution is -0.211. The van der Waals surface area contributed by atoms with Crippen LogP contribution < -0.4 is 0 Å². The molecule has 3 nitrogen and oxygen atoms in total. The molecule has 0 aliphatic heterocycles. The number of rotatable bonds is 2. The first kappa shape index (κ1) is 14.1. The van der Waals surface area contributed by atoms with Crippen molar-refractivity contribution in [2.45, 2.75) is 11.2 Å². The van der Waals surface area contributed by atoms with Crippen LogP contribution in [0.25, 0.3) is 11.3 Å². The number of thioether (sulfide) groups is 1. The topological polar surface area (TPSA) is 30.7 Å². The predicted octanol–water partition coefficient (Wildman–Crippen LogP) is 3.94. The third-order valence-corrected chi connectivity index (χ3v) is 3.51. The van der Waals surface area contributed by atoms with Crippen molar-refractivity contribution in [1.29, 1.82) is 0 Å². The van der Waals surface area contributed by atoms with E-state index in [1.54, 1.807) is 6.26 Å². The molecule has 0 saturated heterocycles. The van der Waals surface area contributed by atoms with Gasteiger partial charge in [0.05, 0.1) is 11.2 Å². The summed E-state index contributed by atoms with van der Waals surface area (Å²) in [4.78, 5) is 0.466. The summed E-state index contributed by atoms with van der Waals surface area (Å²) in [7, 11) is 0. The highest BCUT2D eigenvalue weighted by Crippen LogP contribution is 2.35. The highest BCUT2D eigenvalue weighted by atomic mass is 35.5. The van der Waals surface area contributed by atoms with Gasteiger partial charge in [0.25, 0.3) is 0 Å². The van der Waals surface area contributed by atoms with Crippen LogP contribution >= 0.6 is 23.4 Å². The average molecular weight is 312 g/mol. The van der Waals surface area contributed by atoms with E-state index in [0.29, 0.717) is 4.90 Å². The Morgan fingerprint density at radius 2 is 2.00 bits per heavy atom. The zero-order valence-corrected chi connectivity index (χ0v) is 10.9. The Kier molecular flexibility index (Phi) is 3.73. The lowest BCUT2D eigenvalue weighted by Crippen LogP contribution is -2.19. The first-order valence-electron chi connectivity index (χ1n) is 4.86. The monoisotopic (exact) mass is 311 g/mol. The van der Waals surface area contributed by atoms with Crippen molar-refractivity contribution in [3.63, 3.8) is 0 Å². The highest BCUT2D eigenvalue weighted by Gasteiger charge is 2.35. The normalized spacial score (nSPS) is 11.9. The van der Waals surface area contributed by atoms with E-state index in [1.165, 1.54) is 17.8 Å². The smallest absolute Gasteiger partial charge is 0.206 e. The van der Waals surface area contributed by atoms with E-state index in [-0.39, 0.29) is 15.3 Å². The summed E-state index contributed by atoms with van der Waals surface area (Å²) in [6, 6.07) is 2.21. The fourth-order valence-electron chi connectivity index (χ4n) is 1.49. The number of alkyl halides is 3. The quantitative estimate of drug-likeness (QED) is 0.622. The summed E-state index contributed by atoms with van der Waals surface area (Å²) < 4.78 is 51.5. The minimum atomic E-state index is -4.77. The maximum atomic E-state index is 13.8. The van der Waals surface area contributed by atoms with E-state index in [0.717, 1.165) is 12.3 Å². The Balaban J connectivity index is 2.63. The zero-order valence-electron chi connectivity index (χ0n) is 9.37. The zero-order chi connectivity index (χ0) is 14.2. The second-order valence-electron chi connectivity index (χ2n) is 3.47. The average Bonchev–Trinajstić information content (AvgIpc) is 2.77. The number of hydrogen-bond acceptors (Lipinski definition) is 3. The van der Waals surface area contributed by atoms with Crippen molar-refractivity contribution in [2.75, 3.05) is 6.26 Å². The molecule has 0 amide bonds. The van der Waals surface area contributed by atoms with Crippen molar-refractivity contribution in [3.8, 4) is 11.3 Å². The van der Waals surface area contributed by atoms with E-state index < -0.39 is 17.8 Å². The molecule has 0 aliphatic carbocycles. The molecule has 2 rings (SSSR count). The SMILES string of the molecule is CSc1cc(-c2cnnn2C(F)(F)F)c(F)cc1Cl. The maximum absolute atomic E-state index is 13.8. The Morgan fingerprint density at radius 3 is 2.58 bits per heavy atom. The van der Waals surface area contributed by atoms with Gasteiger partial charge in [-0.25, -0.2) is 4.39 Å². The molecule has 0 fully saturated rings. The van der Waals surface area contributed by atoms with Crippen LogP contribution in [0.4, 0.5) is 17.6 Å². The van der Waals surface area contributed by atoms with E-state index in [2.05, 4.69) is 10.3 Å². The van der Waals surface area contributed by atoms with E-state index in [4.69, 9.17) is 11.6 Å². The highest BCUT2D eigenvalue weighted by molar-refractivity contribution is 7.98. The second-order valence-corrected chi connectivity index (χ2v) is 4.72. The van der Waals surface area contributed by atoms with Crippen molar-refractivity contribution in [2.24, 2.45) is 0 Å². The van der Waals surface area contributed by atoms with Crippen LogP contribution in [0, 0.1) is 5.82 Å². The number of hydrogen-bond donors (Lipinski definition) is 0. The Hall–Kier alpha value is -1.28. The van der Waals surface area contributed by atoms with Gasteiger partial charge >= 0.3 is 6.30 Å². The van der Waals surface area contributed by atoms with Crippen LogP contribution in [0.3, 0.4) is 0 Å². The van der Waals surface area contributed by atoms with E-state index in [9.17, 15) is 17.6 Å². The Morgan fingerprint density at radius 1 is 1.32 bits per heavy atom. The van der Waals surface area contributed by atoms with E-state index in [1.807, 2.05) is 0 Å². The molecule has 19 heavy (non-hydrogen) atoms. The van der Waals surface area contributed by atoms with Crippen LogP contribution in [-0.2, 0) is 6.30 Å². The fourth-order valence-corrected chi connectivity index (χ4v) is 2.36. The molecule has 0 radical (unpaired) electrons. The van der Waals surface area contributed by atoms with E-state index >= 15 is 0 Å². The number of aromatic nitrogens is 3. The predicted molar refractivity (Wildman–Crippen MR) is 63.5 cm³/mol. The molecule has 0 saturated carbocycles. The maximum Gasteiger partial charge on any atom is 0.506 e. The Bertz CT molecular complexity index is 611. The molecule has 0 unspecified atom stereocenters. The summed E-state index contributed by atoms with van der Waals surface area (Å²) in [6.07, 6.45) is -2.23. The third-order valence-electron chi connectivity index (χ3n) is 2.31. The van der Waals surface area contributed by atoms with Crippen molar-refractivity contribution >= 4 is 23.4 Å². The number of benzene rings is 1. The van der Waals surface area contributed by atoms with Gasteiger partial charge in [-0.1, -0.05) is 16.8 Å². The molecule has 1 aromatic heterocycles. The van der Waals surface area contributed by atoms with Crippen LogP contribution in [0.2, 0.25) is 5.02 Å². The molecule has 0 spiro atoms. The molecular formula is C10H6ClF4N3S. The van der Waals surface area contributed by atoms with Gasteiger partial charge in [-0.15, -0.1) is 30.0 Å². The van der Waals surface area contributed by atoms with Gasteiger partial charge in [0.1, 0.15) is 11.5 Å². The summed E-state index contributed by atoms with van der Waals surface area (Å²) >= 11 is 6.97. The van der Waals surface area contributed by atoms with Crippen molar-refractivity contribution < 1.29 is 17.6 Å². The fraction of sp³-hybridized carbons (Fsp3) is 0.200. The summed E-state index contributed by atoms with van der Waals surface area (Å²) in [5, 5.41) is 6.23. The molecule has 9 heteroatoms. The van der Waals surface area contributed by atoms with Crippen LogP contribution in [0.15, 0.2) is 23.2 Å². The first-order valence-corrected chi connectivity index (χ1v) is 6.46. The molecular weight excluding hydrogens is 306 g/mol. The van der Waals surface area contributed by atoms with Crippen LogP contribution in [-0.4, -0.2) is 21.2 Å². The van der Waals surface area contributed by atoms with Crippen LogP contribution in [0.5, 0.6) is 0 Å². The lowest BCUT2D eigenvalue weighted by atomic mass is 10.1. The molecule has 0 atom stereocenters. The van der Waals surface area contributed by atoms with Crippen molar-refractivity contribution in [3.05, 3.63) is 29.2 Å². The molecule has 1 aromatic carbocycles. The van der Waals surface area contributed by atoms with Gasteiger partial charge < -0.3 is 0 Å². The number of nitrogens with zero attached hydrogens (tertiary/aromatic N) is 3. The summed E-state index contributed by atoms with van der Waals surface area (Å²) in [6.45, 7) is 0. The first-order chi connectivity index (χ1) is 8.84. The lowest BCUT2D eigenvalue weighted by Gasteiger charge is -2.11. The van der Waals surface area contributed by atoms with Gasteiger partial charge in [0, 0.05) is 10.5 Å². The standard InChI is InChI=1S/C10H6ClF4N3S/c1-19-9-2-5(7(12)3-6(9)11)8-4-16-17-18(8)10(13,14)15/h2-4H,1H3. The largest absolute Gasteiger partial charge is 0.506 e. The molecule has 0 aliphatic rings. The van der Waals surface area contributed by atoms with Gasteiger partial charge in [0.2, 0.25) is 0 Å². The molecule has 1 heterocycles. The van der Waals surface area contributed by atoms with Crippen molar-refractivity contribution in [1.82, 2.24) is 15.0 Å². The molecule has 102 valence electrons. The summed E-state index contributed by atoms with van der Waals surface area (Å²) in [5.41, 5.74) is -0.729. The molecule has 2 aromatic rings. The third kappa shape index (κ3) is 2.69. The van der Waals surface area contributed by atoms with Crippen LogP contribution in [0.1, 0.15) is 0 Å². The van der Waals surface area contributed by atoms with Gasteiger partial charge in [-0.3, -0.25) is 0 Å². The molecule has 0 N–H and O–H groups in total. The minimum Gasteiger partial charge on any atom is -0.206 e. The summed E-state index contributed by atoms with van der Waals surface area (Å²) in [5.74, 6) is -0.865. The van der Waals surface area contributed by atoms with Gasteiger partial charge in [0.15, 0.2) is 0 Å². The molecule has 0 bridgehead atoms. The minimum absolute atomic E-state index is 0.139. The number of halogens is 5.